The lowest BCUT2D eigenvalue weighted by atomic mass is 10.1. The Hall–Kier alpha value is -2.36. The zero-order chi connectivity index (χ0) is 14.3. The number of ether oxygens (including phenoxy) is 3. The van der Waals surface area contributed by atoms with Crippen LogP contribution in [0.5, 0.6) is 17.2 Å². The summed E-state index contributed by atoms with van der Waals surface area (Å²) in [5, 5.41) is 2.14. The minimum Gasteiger partial charge on any atom is -0.497 e. The zero-order valence-corrected chi connectivity index (χ0v) is 12.0. The summed E-state index contributed by atoms with van der Waals surface area (Å²) in [6.45, 7) is 2.05. The van der Waals surface area contributed by atoms with Crippen LogP contribution in [0.2, 0.25) is 0 Å². The van der Waals surface area contributed by atoms with Gasteiger partial charge in [0, 0.05) is 22.9 Å². The van der Waals surface area contributed by atoms with E-state index >= 15 is 0 Å². The van der Waals surface area contributed by atoms with Crippen molar-refractivity contribution in [3.8, 4) is 17.2 Å². The number of hydrogen-bond donors (Lipinski definition) is 1. The number of methoxy groups -OCH3 is 3. The molecule has 0 radical (unpaired) electrons. The lowest BCUT2D eigenvalue weighted by molar-refractivity contribution is 0.398. The zero-order valence-electron chi connectivity index (χ0n) is 12.0. The maximum Gasteiger partial charge on any atom is 0.143 e. The second-order valence-electron chi connectivity index (χ2n) is 4.77. The van der Waals surface area contributed by atoms with Gasteiger partial charge in [-0.25, -0.2) is 0 Å². The Bertz CT molecular complexity index is 789. The molecule has 2 aromatic carbocycles. The molecule has 0 atom stereocenters. The smallest absolute Gasteiger partial charge is 0.143 e. The van der Waals surface area contributed by atoms with Gasteiger partial charge in [0.05, 0.1) is 32.4 Å². The third kappa shape index (κ3) is 1.76. The molecule has 3 aromatic rings. The average molecular weight is 271 g/mol. The minimum atomic E-state index is 0.761. The van der Waals surface area contributed by atoms with E-state index in [1.54, 1.807) is 21.3 Å². The Labute approximate surface area is 117 Å². The molecule has 0 aliphatic heterocycles. The van der Waals surface area contributed by atoms with Crippen molar-refractivity contribution >= 4 is 21.8 Å². The first-order valence-corrected chi connectivity index (χ1v) is 6.40. The maximum atomic E-state index is 5.51. The van der Waals surface area contributed by atoms with Crippen LogP contribution >= 0.6 is 0 Å². The van der Waals surface area contributed by atoms with Gasteiger partial charge in [-0.05, 0) is 24.6 Å². The van der Waals surface area contributed by atoms with Gasteiger partial charge in [-0.15, -0.1) is 0 Å². The van der Waals surface area contributed by atoms with E-state index in [0.29, 0.717) is 0 Å². The molecule has 4 heteroatoms. The second-order valence-corrected chi connectivity index (χ2v) is 4.77. The van der Waals surface area contributed by atoms with E-state index in [1.807, 2.05) is 18.2 Å². The fraction of sp³-hybridized carbons (Fsp3) is 0.250. The fourth-order valence-corrected chi connectivity index (χ4v) is 2.62. The van der Waals surface area contributed by atoms with Gasteiger partial charge in [0.1, 0.15) is 17.2 Å². The first-order chi connectivity index (χ1) is 9.67. The number of aromatic amines is 1. The molecular weight excluding hydrogens is 254 g/mol. The van der Waals surface area contributed by atoms with Crippen molar-refractivity contribution in [1.29, 1.82) is 0 Å². The maximum absolute atomic E-state index is 5.51. The topological polar surface area (TPSA) is 43.5 Å². The Morgan fingerprint density at radius 1 is 0.850 bits per heavy atom. The Balaban J connectivity index is 2.48. The number of benzene rings is 2. The summed E-state index contributed by atoms with van der Waals surface area (Å²) in [5.41, 5.74) is 3.09. The Morgan fingerprint density at radius 3 is 2.25 bits per heavy atom. The van der Waals surface area contributed by atoms with Crippen LogP contribution in [-0.2, 0) is 0 Å². The highest BCUT2D eigenvalue weighted by Crippen LogP contribution is 2.39. The predicted octanol–water partition coefficient (Wildman–Crippen LogP) is 3.66. The van der Waals surface area contributed by atoms with Crippen molar-refractivity contribution in [3.63, 3.8) is 0 Å². The molecule has 0 spiro atoms. The number of nitrogens with one attached hydrogen (secondary N) is 1. The summed E-state index contributed by atoms with van der Waals surface area (Å²) in [7, 11) is 4.99. The number of aryl methyl sites for hydroxylation is 1. The Morgan fingerprint density at radius 2 is 1.60 bits per heavy atom. The summed E-state index contributed by atoms with van der Waals surface area (Å²) in [6, 6.07) is 8.00. The summed E-state index contributed by atoms with van der Waals surface area (Å²) >= 11 is 0. The molecule has 1 N–H and O–H groups in total. The van der Waals surface area contributed by atoms with Crippen molar-refractivity contribution in [2.75, 3.05) is 21.3 Å². The molecule has 104 valence electrons. The summed E-state index contributed by atoms with van der Waals surface area (Å²) in [5.74, 6) is 2.38. The van der Waals surface area contributed by atoms with Gasteiger partial charge in [-0.2, -0.15) is 0 Å². The van der Waals surface area contributed by atoms with Gasteiger partial charge in [-0.1, -0.05) is 0 Å². The third-order valence-corrected chi connectivity index (χ3v) is 3.53. The predicted molar refractivity (Wildman–Crippen MR) is 80.2 cm³/mol. The average Bonchev–Trinajstić information content (AvgIpc) is 2.83. The van der Waals surface area contributed by atoms with Crippen LogP contribution in [0.1, 0.15) is 5.56 Å². The van der Waals surface area contributed by atoms with Crippen LogP contribution in [0.25, 0.3) is 21.8 Å². The van der Waals surface area contributed by atoms with Crippen molar-refractivity contribution in [1.82, 2.24) is 4.98 Å². The second kappa shape index (κ2) is 4.63. The highest BCUT2D eigenvalue weighted by molar-refractivity contribution is 6.12. The molecule has 0 saturated carbocycles. The van der Waals surface area contributed by atoms with Gasteiger partial charge in [0.25, 0.3) is 0 Å². The number of hydrogen-bond acceptors (Lipinski definition) is 3. The number of H-pyrrole nitrogens is 1. The quantitative estimate of drug-likeness (QED) is 0.790. The van der Waals surface area contributed by atoms with E-state index in [-0.39, 0.29) is 0 Å². The molecule has 0 amide bonds. The molecule has 0 aliphatic rings. The number of aromatic nitrogens is 1. The lowest BCUT2D eigenvalue weighted by Gasteiger charge is -2.06. The monoisotopic (exact) mass is 271 g/mol. The van der Waals surface area contributed by atoms with Crippen molar-refractivity contribution in [2.24, 2.45) is 0 Å². The molecule has 20 heavy (non-hydrogen) atoms. The highest BCUT2D eigenvalue weighted by Gasteiger charge is 2.15. The minimum absolute atomic E-state index is 0.761. The van der Waals surface area contributed by atoms with Crippen LogP contribution in [0.15, 0.2) is 24.3 Å². The van der Waals surface area contributed by atoms with Gasteiger partial charge in [-0.3, -0.25) is 0 Å². The standard InChI is InChI=1S/C16H17NO3/c1-9-5-11-15-12(17-16(11)14(6-9)20-4)7-10(18-2)8-13(15)19-3/h5-8,17H,1-4H3. The van der Waals surface area contributed by atoms with Crippen LogP contribution < -0.4 is 14.2 Å². The Kier molecular flexibility index (Phi) is 2.93. The molecule has 0 fully saturated rings. The first-order valence-electron chi connectivity index (χ1n) is 6.40. The molecular formula is C16H17NO3. The largest absolute Gasteiger partial charge is 0.497 e. The van der Waals surface area contributed by atoms with Crippen molar-refractivity contribution in [3.05, 3.63) is 29.8 Å². The van der Waals surface area contributed by atoms with Crippen molar-refractivity contribution in [2.45, 2.75) is 6.92 Å². The van der Waals surface area contributed by atoms with E-state index in [4.69, 9.17) is 14.2 Å². The molecule has 0 bridgehead atoms. The van der Waals surface area contributed by atoms with Gasteiger partial charge in [0.15, 0.2) is 0 Å². The SMILES string of the molecule is COc1cc(OC)c2c(c1)[nH]c1c(OC)cc(C)cc12. The number of rotatable bonds is 3. The number of fused-ring (bicyclic) bond motifs is 3. The van der Waals surface area contributed by atoms with Crippen LogP contribution in [-0.4, -0.2) is 26.3 Å². The normalized spacial score (nSPS) is 11.0. The van der Waals surface area contributed by atoms with Crippen LogP contribution in [0, 0.1) is 6.92 Å². The fourth-order valence-electron chi connectivity index (χ4n) is 2.62. The molecule has 3 rings (SSSR count). The summed E-state index contributed by atoms with van der Waals surface area (Å²) in [4.78, 5) is 3.39. The lowest BCUT2D eigenvalue weighted by Crippen LogP contribution is -1.88. The molecule has 0 saturated heterocycles. The van der Waals surface area contributed by atoms with E-state index in [0.717, 1.165) is 44.6 Å². The third-order valence-electron chi connectivity index (χ3n) is 3.53. The highest BCUT2D eigenvalue weighted by atomic mass is 16.5. The van der Waals surface area contributed by atoms with Crippen LogP contribution in [0.4, 0.5) is 0 Å². The molecule has 1 heterocycles. The van der Waals surface area contributed by atoms with E-state index in [2.05, 4.69) is 18.0 Å². The summed E-state index contributed by atoms with van der Waals surface area (Å²) < 4.78 is 16.3. The van der Waals surface area contributed by atoms with E-state index < -0.39 is 0 Å². The van der Waals surface area contributed by atoms with Crippen molar-refractivity contribution < 1.29 is 14.2 Å². The van der Waals surface area contributed by atoms with E-state index in [1.165, 1.54) is 0 Å². The first kappa shape index (κ1) is 12.7. The van der Waals surface area contributed by atoms with E-state index in [9.17, 15) is 0 Å². The molecule has 1 aromatic heterocycles. The van der Waals surface area contributed by atoms with Gasteiger partial charge < -0.3 is 19.2 Å². The molecule has 0 aliphatic carbocycles. The molecule has 0 unspecified atom stereocenters. The van der Waals surface area contributed by atoms with Crippen LogP contribution in [0.3, 0.4) is 0 Å². The van der Waals surface area contributed by atoms with Gasteiger partial charge >= 0.3 is 0 Å². The molecule has 4 nitrogen and oxygen atoms in total. The van der Waals surface area contributed by atoms with Gasteiger partial charge in [0.2, 0.25) is 0 Å². The summed E-state index contributed by atoms with van der Waals surface area (Å²) in [6.07, 6.45) is 0.